The summed E-state index contributed by atoms with van der Waals surface area (Å²) in [4.78, 5) is 31.1. The first-order valence-electron chi connectivity index (χ1n) is 15.5. The maximum absolute atomic E-state index is 13.9. The van der Waals surface area contributed by atoms with E-state index in [4.69, 9.17) is 31.8 Å². The quantitative estimate of drug-likeness (QED) is 0.230. The largest absolute Gasteiger partial charge is 0.586 e. The predicted molar refractivity (Wildman–Crippen MR) is 166 cm³/mol. The van der Waals surface area contributed by atoms with Crippen LogP contribution in [0.25, 0.3) is 22.2 Å². The van der Waals surface area contributed by atoms with Gasteiger partial charge in [0.1, 0.15) is 40.3 Å². The minimum Gasteiger partial charge on any atom is -0.494 e. The molecular formula is C33H30ClF2N5O7. The Morgan fingerprint density at radius 2 is 1.96 bits per heavy atom. The van der Waals surface area contributed by atoms with Crippen LogP contribution in [0.3, 0.4) is 0 Å². The number of hydrogen-bond donors (Lipinski definition) is 3. The molecule has 2 aromatic heterocycles. The molecule has 0 spiro atoms. The second-order valence-corrected chi connectivity index (χ2v) is 13.4. The zero-order valence-corrected chi connectivity index (χ0v) is 26.6. The van der Waals surface area contributed by atoms with E-state index in [1.165, 1.54) is 19.2 Å². The van der Waals surface area contributed by atoms with Gasteiger partial charge in [0.15, 0.2) is 11.5 Å². The van der Waals surface area contributed by atoms with E-state index in [0.29, 0.717) is 41.3 Å². The van der Waals surface area contributed by atoms with E-state index in [9.17, 15) is 23.5 Å². The molecule has 2 saturated carbocycles. The number of primary amides is 1. The van der Waals surface area contributed by atoms with Crippen molar-refractivity contribution >= 4 is 34.3 Å². The fraction of sp³-hybridized carbons (Fsp3) is 0.394. The standard InChI is InChI=1S/C33H30ClF2N5O7/c1-31(30(37)43)14-46-27-20(31)11-23(39-26(27)19-7-8-21-28(24(19)34)48-33(35,36)47-21)32(44,17-3-4-17)13-38-29(42)15-9-16-12-41(18-5-6-18)40-25(16)22(10-15)45-2/h7-12,17-18,44H,3-6,13-14H2,1-2H3,(H2,37,43)(H,38,42)/t31-,32?/m0/s1. The average Bonchev–Trinajstić information content (AvgIpc) is 3.99. The lowest BCUT2D eigenvalue weighted by Gasteiger charge is -2.30. The van der Waals surface area contributed by atoms with Gasteiger partial charge in [0.2, 0.25) is 5.91 Å². The number of benzene rings is 2. The van der Waals surface area contributed by atoms with Crippen molar-refractivity contribution in [2.75, 3.05) is 20.3 Å². The number of nitrogens with one attached hydrogen (secondary N) is 1. The van der Waals surface area contributed by atoms with E-state index in [1.54, 1.807) is 25.1 Å². The first-order chi connectivity index (χ1) is 22.8. The molecule has 2 aromatic carbocycles. The first kappa shape index (κ1) is 30.6. The Hall–Kier alpha value is -4.69. The van der Waals surface area contributed by atoms with Crippen LogP contribution in [0.15, 0.2) is 36.5 Å². The minimum absolute atomic E-state index is 0.0763. The van der Waals surface area contributed by atoms with Crippen molar-refractivity contribution in [3.63, 3.8) is 0 Å². The number of fused-ring (bicyclic) bond motifs is 3. The van der Waals surface area contributed by atoms with E-state index in [-0.39, 0.29) is 52.5 Å². The summed E-state index contributed by atoms with van der Waals surface area (Å²) in [6.45, 7) is 1.23. The number of carbonyl (C=O) groups excluding carboxylic acids is 2. The minimum atomic E-state index is -3.92. The van der Waals surface area contributed by atoms with Gasteiger partial charge in [0.25, 0.3) is 5.91 Å². The number of carbonyl (C=O) groups is 2. The molecular weight excluding hydrogens is 652 g/mol. The van der Waals surface area contributed by atoms with E-state index in [0.717, 1.165) is 18.2 Å². The summed E-state index contributed by atoms with van der Waals surface area (Å²) in [5.74, 6) is -1.49. The highest BCUT2D eigenvalue weighted by atomic mass is 35.5. The van der Waals surface area contributed by atoms with Gasteiger partial charge in [-0.25, -0.2) is 4.98 Å². The maximum atomic E-state index is 13.9. The molecule has 2 amide bonds. The third kappa shape index (κ3) is 4.80. The molecule has 0 bridgehead atoms. The van der Waals surface area contributed by atoms with Gasteiger partial charge in [0, 0.05) is 28.3 Å². The lowest BCUT2D eigenvalue weighted by atomic mass is 9.81. The van der Waals surface area contributed by atoms with Crippen LogP contribution in [0.4, 0.5) is 8.78 Å². The molecule has 4 heterocycles. The Balaban J connectivity index is 1.18. The Labute approximate surface area is 277 Å². The molecule has 48 heavy (non-hydrogen) atoms. The molecule has 1 unspecified atom stereocenters. The van der Waals surface area contributed by atoms with Crippen LogP contribution >= 0.6 is 11.6 Å². The summed E-state index contributed by atoms with van der Waals surface area (Å²) in [6, 6.07) is 7.89. The van der Waals surface area contributed by atoms with Gasteiger partial charge in [-0.1, -0.05) is 11.6 Å². The first-order valence-corrected chi connectivity index (χ1v) is 15.8. The smallest absolute Gasteiger partial charge is 0.494 e. The molecule has 250 valence electrons. The molecule has 2 atom stereocenters. The summed E-state index contributed by atoms with van der Waals surface area (Å²) in [5, 5.41) is 20.3. The zero-order chi connectivity index (χ0) is 33.7. The number of methoxy groups -OCH3 is 1. The molecule has 0 saturated heterocycles. The van der Waals surface area contributed by atoms with E-state index >= 15 is 0 Å². The molecule has 4 aliphatic rings. The SMILES string of the molecule is COc1cc(C(=O)NCC(O)(c2cc3c(c(-c4ccc5c(c4Cl)OC(F)(F)O5)n2)OC[C@]3(C)C(N)=O)C2CC2)cc2cn(C3CC3)nc12. The zero-order valence-electron chi connectivity index (χ0n) is 25.8. The lowest BCUT2D eigenvalue weighted by Crippen LogP contribution is -2.44. The van der Waals surface area contributed by atoms with Crippen LogP contribution in [-0.2, 0) is 15.8 Å². The van der Waals surface area contributed by atoms with Gasteiger partial charge >= 0.3 is 6.29 Å². The molecule has 2 fully saturated rings. The lowest BCUT2D eigenvalue weighted by molar-refractivity contribution is -0.286. The highest BCUT2D eigenvalue weighted by molar-refractivity contribution is 6.35. The van der Waals surface area contributed by atoms with Crippen LogP contribution in [0, 0.1) is 5.92 Å². The number of rotatable bonds is 9. The van der Waals surface area contributed by atoms with Crippen LogP contribution in [-0.4, -0.2) is 58.2 Å². The number of pyridine rings is 1. The second-order valence-electron chi connectivity index (χ2n) is 13.0. The average molecular weight is 682 g/mol. The van der Waals surface area contributed by atoms with E-state index in [1.807, 2.05) is 10.9 Å². The van der Waals surface area contributed by atoms with Crippen LogP contribution in [0.2, 0.25) is 5.02 Å². The molecule has 2 aliphatic carbocycles. The number of ether oxygens (including phenoxy) is 4. The number of halogens is 3. The summed E-state index contributed by atoms with van der Waals surface area (Å²) in [5.41, 5.74) is 4.43. The van der Waals surface area contributed by atoms with Crippen molar-refractivity contribution in [3.8, 4) is 34.3 Å². The Morgan fingerprint density at radius 1 is 1.19 bits per heavy atom. The third-order valence-electron chi connectivity index (χ3n) is 9.59. The van der Waals surface area contributed by atoms with Crippen molar-refractivity contribution in [1.29, 1.82) is 0 Å². The number of alkyl halides is 2. The number of amides is 2. The normalized spacial score (nSPS) is 21.8. The van der Waals surface area contributed by atoms with Gasteiger partial charge in [-0.15, -0.1) is 8.78 Å². The molecule has 2 aliphatic heterocycles. The highest BCUT2D eigenvalue weighted by Gasteiger charge is 2.51. The topological polar surface area (TPSA) is 160 Å². The fourth-order valence-corrected chi connectivity index (χ4v) is 6.70. The molecule has 8 rings (SSSR count). The molecule has 4 N–H and O–H groups in total. The van der Waals surface area contributed by atoms with Crippen LogP contribution < -0.4 is 30.0 Å². The summed E-state index contributed by atoms with van der Waals surface area (Å²) in [7, 11) is 1.51. The van der Waals surface area contributed by atoms with E-state index in [2.05, 4.69) is 19.9 Å². The van der Waals surface area contributed by atoms with Crippen molar-refractivity contribution in [3.05, 3.63) is 58.4 Å². The fourth-order valence-electron chi connectivity index (χ4n) is 6.41. The monoisotopic (exact) mass is 681 g/mol. The van der Waals surface area contributed by atoms with Gasteiger partial charge in [-0.3, -0.25) is 14.3 Å². The number of nitrogens with zero attached hydrogens (tertiary/aromatic N) is 3. The van der Waals surface area contributed by atoms with Crippen LogP contribution in [0.5, 0.6) is 23.0 Å². The maximum Gasteiger partial charge on any atom is 0.586 e. The van der Waals surface area contributed by atoms with E-state index < -0.39 is 34.9 Å². The molecule has 12 nitrogen and oxygen atoms in total. The van der Waals surface area contributed by atoms with Crippen molar-refractivity contribution < 1.29 is 42.4 Å². The summed E-state index contributed by atoms with van der Waals surface area (Å²) in [6.07, 6.45) is 1.35. The van der Waals surface area contributed by atoms with Gasteiger partial charge < -0.3 is 35.1 Å². The number of aromatic nitrogens is 3. The van der Waals surface area contributed by atoms with Gasteiger partial charge in [0.05, 0.1) is 30.4 Å². The summed E-state index contributed by atoms with van der Waals surface area (Å²) >= 11 is 6.59. The van der Waals surface area contributed by atoms with Crippen LogP contribution in [0.1, 0.15) is 60.3 Å². The molecule has 15 heteroatoms. The number of nitrogens with two attached hydrogens (primary N) is 1. The Bertz CT molecular complexity index is 2050. The molecule has 4 aromatic rings. The number of hydrogen-bond acceptors (Lipinski definition) is 9. The Morgan fingerprint density at radius 3 is 2.65 bits per heavy atom. The highest BCUT2D eigenvalue weighted by Crippen LogP contribution is 2.54. The third-order valence-corrected chi connectivity index (χ3v) is 9.97. The predicted octanol–water partition coefficient (Wildman–Crippen LogP) is 4.58. The Kier molecular flexibility index (Phi) is 6.64. The molecule has 0 radical (unpaired) electrons. The van der Waals surface area contributed by atoms with Crippen molar-refractivity contribution in [2.45, 2.75) is 56.0 Å². The van der Waals surface area contributed by atoms with Gasteiger partial charge in [-0.2, -0.15) is 5.10 Å². The van der Waals surface area contributed by atoms with Crippen molar-refractivity contribution in [1.82, 2.24) is 20.1 Å². The summed E-state index contributed by atoms with van der Waals surface area (Å²) < 4.78 is 50.4. The van der Waals surface area contributed by atoms with Gasteiger partial charge in [-0.05, 0) is 68.9 Å². The number of aliphatic hydroxyl groups is 1. The second kappa shape index (κ2) is 10.4. The van der Waals surface area contributed by atoms with Crippen molar-refractivity contribution in [2.24, 2.45) is 11.7 Å².